The minimum atomic E-state index is -0.129. The summed E-state index contributed by atoms with van der Waals surface area (Å²) in [6.45, 7) is 4.64. The monoisotopic (exact) mass is 369 g/mol. The highest BCUT2D eigenvalue weighted by Gasteiger charge is 2.35. The number of rotatable bonds is 6. The summed E-state index contributed by atoms with van der Waals surface area (Å²) in [5.41, 5.74) is 1.91. The zero-order valence-electron chi connectivity index (χ0n) is 15.1. The van der Waals surface area contributed by atoms with Crippen LogP contribution in [0.2, 0.25) is 0 Å². The van der Waals surface area contributed by atoms with Crippen LogP contribution >= 0.6 is 11.8 Å². The number of carbonyl (C=O) groups is 1. The number of furan rings is 1. The molecule has 1 N–H and O–H groups in total. The number of nitrogens with one attached hydrogen (secondary N) is 1. The molecule has 6 heteroatoms. The first-order chi connectivity index (χ1) is 12.6. The van der Waals surface area contributed by atoms with E-state index in [-0.39, 0.29) is 5.91 Å². The molecule has 0 aromatic carbocycles. The topological polar surface area (TPSA) is 68.0 Å². The lowest BCUT2D eigenvalue weighted by molar-refractivity contribution is 0.0916. The Kier molecular flexibility index (Phi) is 4.85. The van der Waals surface area contributed by atoms with Crippen molar-refractivity contribution < 1.29 is 9.21 Å². The van der Waals surface area contributed by atoms with Crippen LogP contribution in [-0.4, -0.2) is 22.4 Å². The number of nitrogens with zero attached hydrogens (tertiary/aromatic N) is 2. The van der Waals surface area contributed by atoms with Gasteiger partial charge in [-0.15, -0.1) is 0 Å². The third-order valence-electron chi connectivity index (χ3n) is 5.13. The number of carbonyl (C=O) groups excluding carboxylic acids is 1. The molecule has 26 heavy (non-hydrogen) atoms. The molecule has 0 saturated heterocycles. The van der Waals surface area contributed by atoms with E-state index < -0.39 is 0 Å². The number of amides is 1. The van der Waals surface area contributed by atoms with Gasteiger partial charge in [-0.3, -0.25) is 4.79 Å². The van der Waals surface area contributed by atoms with Crippen molar-refractivity contribution in [3.05, 3.63) is 53.3 Å². The lowest BCUT2D eigenvalue weighted by Crippen LogP contribution is -2.30. The molecule has 2 bridgehead atoms. The van der Waals surface area contributed by atoms with Gasteiger partial charge in [-0.25, -0.2) is 9.97 Å². The Morgan fingerprint density at radius 2 is 2.04 bits per heavy atom. The second-order valence-electron chi connectivity index (χ2n) is 7.24. The Morgan fingerprint density at radius 1 is 1.23 bits per heavy atom. The molecule has 0 aliphatic heterocycles. The lowest BCUT2D eigenvalue weighted by atomic mass is 9.93. The molecule has 136 valence electrons. The molecule has 2 aliphatic carbocycles. The van der Waals surface area contributed by atoms with Gasteiger partial charge in [0.05, 0.1) is 5.75 Å². The molecular formula is C20H23N3O2S. The Labute approximate surface area is 157 Å². The van der Waals surface area contributed by atoms with Crippen molar-refractivity contribution >= 4 is 17.7 Å². The first-order valence-electron chi connectivity index (χ1n) is 9.07. The maximum Gasteiger partial charge on any atom is 0.287 e. The molecule has 2 aliphatic rings. The molecule has 1 saturated carbocycles. The van der Waals surface area contributed by atoms with Gasteiger partial charge in [-0.05, 0) is 62.6 Å². The highest BCUT2D eigenvalue weighted by molar-refractivity contribution is 7.98. The van der Waals surface area contributed by atoms with Gasteiger partial charge in [-0.2, -0.15) is 0 Å². The molecule has 0 unspecified atom stereocenters. The van der Waals surface area contributed by atoms with E-state index in [2.05, 4.69) is 27.4 Å². The average Bonchev–Trinajstić information content (AvgIpc) is 3.33. The van der Waals surface area contributed by atoms with E-state index in [1.807, 2.05) is 26.0 Å². The normalized spacial score (nSPS) is 23.5. The smallest absolute Gasteiger partial charge is 0.287 e. The minimum absolute atomic E-state index is 0.129. The quantitative estimate of drug-likeness (QED) is 0.475. The van der Waals surface area contributed by atoms with Crippen molar-refractivity contribution in [1.82, 2.24) is 15.3 Å². The highest BCUT2D eigenvalue weighted by Crippen LogP contribution is 2.42. The summed E-state index contributed by atoms with van der Waals surface area (Å²) < 4.78 is 5.70. The maximum absolute atomic E-state index is 12.3. The van der Waals surface area contributed by atoms with Crippen molar-refractivity contribution in [3.8, 4) is 0 Å². The van der Waals surface area contributed by atoms with Crippen molar-refractivity contribution in [2.24, 2.45) is 17.8 Å². The Hall–Kier alpha value is -2.08. The lowest BCUT2D eigenvalue weighted by Gasteiger charge is -2.17. The van der Waals surface area contributed by atoms with E-state index in [0.29, 0.717) is 23.3 Å². The maximum atomic E-state index is 12.3. The fourth-order valence-corrected chi connectivity index (χ4v) is 4.76. The van der Waals surface area contributed by atoms with E-state index in [9.17, 15) is 4.79 Å². The van der Waals surface area contributed by atoms with E-state index in [1.54, 1.807) is 6.07 Å². The van der Waals surface area contributed by atoms with Crippen LogP contribution in [0, 0.1) is 31.6 Å². The molecule has 2 heterocycles. The van der Waals surface area contributed by atoms with Gasteiger partial charge < -0.3 is 9.73 Å². The number of hydrogen-bond donors (Lipinski definition) is 1. The molecule has 2 aromatic rings. The molecule has 1 fully saturated rings. The van der Waals surface area contributed by atoms with Crippen LogP contribution in [0.5, 0.6) is 0 Å². The predicted octanol–water partition coefficient (Wildman–Crippen LogP) is 3.92. The average molecular weight is 369 g/mol. The van der Waals surface area contributed by atoms with Gasteiger partial charge in [-0.1, -0.05) is 23.9 Å². The fourth-order valence-electron chi connectivity index (χ4n) is 3.91. The van der Waals surface area contributed by atoms with Crippen molar-refractivity contribution in [1.29, 1.82) is 0 Å². The first-order valence-corrected chi connectivity index (χ1v) is 10.1. The number of fused-ring (bicyclic) bond motifs is 2. The molecule has 1 amide bonds. The highest BCUT2D eigenvalue weighted by atomic mass is 32.2. The van der Waals surface area contributed by atoms with Crippen LogP contribution in [0.15, 0.2) is 39.9 Å². The molecule has 4 rings (SSSR count). The van der Waals surface area contributed by atoms with Crippen LogP contribution in [0.3, 0.4) is 0 Å². The molecule has 3 atom stereocenters. The molecular weight excluding hydrogens is 346 g/mol. The van der Waals surface area contributed by atoms with Gasteiger partial charge in [0.25, 0.3) is 5.91 Å². The summed E-state index contributed by atoms with van der Waals surface area (Å²) in [4.78, 5) is 21.1. The number of aromatic nitrogens is 2. The molecule has 5 nitrogen and oxygen atoms in total. The Morgan fingerprint density at radius 3 is 2.73 bits per heavy atom. The first kappa shape index (κ1) is 17.3. The summed E-state index contributed by atoms with van der Waals surface area (Å²) in [6.07, 6.45) is 7.07. The van der Waals surface area contributed by atoms with Crippen LogP contribution in [-0.2, 0) is 5.75 Å². The molecule has 0 spiro atoms. The summed E-state index contributed by atoms with van der Waals surface area (Å²) in [5.74, 6) is 3.54. The van der Waals surface area contributed by atoms with Gasteiger partial charge in [0.1, 0.15) is 5.76 Å². The zero-order chi connectivity index (χ0) is 18.1. The van der Waals surface area contributed by atoms with E-state index in [4.69, 9.17) is 4.42 Å². The summed E-state index contributed by atoms with van der Waals surface area (Å²) >= 11 is 1.51. The van der Waals surface area contributed by atoms with E-state index >= 15 is 0 Å². The van der Waals surface area contributed by atoms with Crippen molar-refractivity contribution in [2.75, 3.05) is 6.54 Å². The van der Waals surface area contributed by atoms with Gasteiger partial charge in [0.2, 0.25) is 0 Å². The molecule has 0 radical (unpaired) electrons. The summed E-state index contributed by atoms with van der Waals surface area (Å²) in [7, 11) is 0. The predicted molar refractivity (Wildman–Crippen MR) is 101 cm³/mol. The Balaban J connectivity index is 1.29. The van der Waals surface area contributed by atoms with Gasteiger partial charge >= 0.3 is 0 Å². The summed E-state index contributed by atoms with van der Waals surface area (Å²) in [6, 6.07) is 5.55. The van der Waals surface area contributed by atoms with Crippen LogP contribution in [0.4, 0.5) is 0 Å². The number of aryl methyl sites for hydroxylation is 2. The second kappa shape index (κ2) is 7.27. The zero-order valence-corrected chi connectivity index (χ0v) is 15.9. The number of hydrogen-bond acceptors (Lipinski definition) is 5. The third-order valence-corrected chi connectivity index (χ3v) is 6.00. The second-order valence-corrected chi connectivity index (χ2v) is 8.18. The summed E-state index contributed by atoms with van der Waals surface area (Å²) in [5, 5.41) is 3.76. The standard InChI is InChI=1S/C20H23N3O2S/c1-12-7-13(2)23-20(22-12)26-11-17-5-6-18(25-17)19(24)21-10-16-9-14-3-4-15(16)8-14/h3-7,14-16H,8-11H2,1-2H3,(H,21,24)/t14-,15-,16-/m0/s1. The largest absolute Gasteiger partial charge is 0.455 e. The van der Waals surface area contributed by atoms with Crippen LogP contribution in [0.25, 0.3) is 0 Å². The van der Waals surface area contributed by atoms with E-state index in [1.165, 1.54) is 24.6 Å². The molecule has 2 aromatic heterocycles. The third kappa shape index (κ3) is 3.85. The number of thioether (sulfide) groups is 1. The SMILES string of the molecule is Cc1cc(C)nc(SCc2ccc(C(=O)NC[C@@H]3C[C@H]4C=C[C@H]3C4)o2)n1. The number of allylic oxidation sites excluding steroid dienone is 2. The van der Waals surface area contributed by atoms with Gasteiger partial charge in [0, 0.05) is 17.9 Å². The van der Waals surface area contributed by atoms with E-state index in [0.717, 1.165) is 34.8 Å². The van der Waals surface area contributed by atoms with Crippen LogP contribution in [0.1, 0.15) is 40.5 Å². The fraction of sp³-hybridized carbons (Fsp3) is 0.450. The Bertz CT molecular complexity index is 825. The van der Waals surface area contributed by atoms with Gasteiger partial charge in [0.15, 0.2) is 10.9 Å². The van der Waals surface area contributed by atoms with Crippen LogP contribution < -0.4 is 5.32 Å². The van der Waals surface area contributed by atoms with Crippen molar-refractivity contribution in [3.63, 3.8) is 0 Å². The minimum Gasteiger partial charge on any atom is -0.455 e. The van der Waals surface area contributed by atoms with Crippen molar-refractivity contribution in [2.45, 2.75) is 37.6 Å².